The minimum absolute atomic E-state index is 0.158. The minimum Gasteiger partial charge on any atom is -0.341 e. The topological polar surface area (TPSA) is 82.6 Å². The molecule has 4 rings (SSSR count). The molecule has 2 aliphatic rings. The Morgan fingerprint density at radius 1 is 1.14 bits per heavy atom. The lowest BCUT2D eigenvalue weighted by Gasteiger charge is -2.34. The van der Waals surface area contributed by atoms with Crippen LogP contribution in [0.2, 0.25) is 0 Å². The summed E-state index contributed by atoms with van der Waals surface area (Å²) < 4.78 is 0. The van der Waals surface area contributed by atoms with E-state index in [0.717, 1.165) is 17.7 Å². The van der Waals surface area contributed by atoms with E-state index in [1.54, 1.807) is 35.5 Å². The van der Waals surface area contributed by atoms with Crippen molar-refractivity contribution in [2.75, 3.05) is 29.9 Å². The summed E-state index contributed by atoms with van der Waals surface area (Å²) in [6, 6.07) is 10.8. The van der Waals surface area contributed by atoms with E-state index in [9.17, 15) is 14.4 Å². The Bertz CT molecular complexity index is 899. The fraction of sp³-hybridized carbons (Fsp3) is 0.300. The molecule has 28 heavy (non-hydrogen) atoms. The van der Waals surface area contributed by atoms with Crippen LogP contribution in [0.4, 0.5) is 11.4 Å². The molecule has 144 valence electrons. The van der Waals surface area contributed by atoms with Crippen LogP contribution in [-0.2, 0) is 14.4 Å². The normalized spacial score (nSPS) is 18.7. The largest absolute Gasteiger partial charge is 0.341 e. The molecule has 1 fully saturated rings. The Hall–Kier alpha value is -2.87. The van der Waals surface area contributed by atoms with Gasteiger partial charge in [-0.15, -0.1) is 11.8 Å². The van der Waals surface area contributed by atoms with Gasteiger partial charge in [0.1, 0.15) is 6.54 Å². The van der Waals surface area contributed by atoms with Crippen LogP contribution in [0, 0.1) is 0 Å². The zero-order valence-electron chi connectivity index (χ0n) is 15.2. The lowest BCUT2D eigenvalue weighted by atomic mass is 10.2. The number of carbonyl (C=O) groups excluding carboxylic acids is 3. The molecule has 1 aromatic carbocycles. The third kappa shape index (κ3) is 3.73. The average Bonchev–Trinajstić information content (AvgIpc) is 3.25. The standard InChI is InChI=1S/C20H20N4O3S/c25-17(22-14-6-5-9-21-12-14)13-24-15-7-1-2-8-16(15)28-18(20(24)27)19(26)23-10-3-4-11-23/h1-2,5-9,12,18H,3-4,10-11,13H2,(H,22,25)/t18-/m0/s1. The number of para-hydroxylation sites is 1. The van der Waals surface area contributed by atoms with Gasteiger partial charge in [-0.25, -0.2) is 0 Å². The van der Waals surface area contributed by atoms with Crippen molar-refractivity contribution in [1.82, 2.24) is 9.88 Å². The van der Waals surface area contributed by atoms with Crippen LogP contribution >= 0.6 is 11.8 Å². The molecule has 1 aromatic heterocycles. The van der Waals surface area contributed by atoms with Crippen molar-refractivity contribution in [1.29, 1.82) is 0 Å². The van der Waals surface area contributed by atoms with Gasteiger partial charge in [0, 0.05) is 24.2 Å². The van der Waals surface area contributed by atoms with Gasteiger partial charge in [0.15, 0.2) is 5.25 Å². The third-order valence-corrected chi connectivity index (χ3v) is 6.02. The van der Waals surface area contributed by atoms with E-state index < -0.39 is 5.25 Å². The maximum Gasteiger partial charge on any atom is 0.250 e. The van der Waals surface area contributed by atoms with E-state index in [-0.39, 0.29) is 24.3 Å². The summed E-state index contributed by atoms with van der Waals surface area (Å²) in [6.45, 7) is 1.22. The zero-order chi connectivity index (χ0) is 19.5. The number of pyridine rings is 1. The maximum atomic E-state index is 13.1. The van der Waals surface area contributed by atoms with Crippen LogP contribution in [-0.4, -0.2) is 52.5 Å². The Morgan fingerprint density at radius 3 is 2.68 bits per heavy atom. The number of carbonyl (C=O) groups is 3. The van der Waals surface area contributed by atoms with Crippen LogP contribution in [0.5, 0.6) is 0 Å². The Kier molecular flexibility index (Phi) is 5.29. The van der Waals surface area contributed by atoms with Gasteiger partial charge in [0.05, 0.1) is 17.6 Å². The molecule has 1 saturated heterocycles. The van der Waals surface area contributed by atoms with Gasteiger partial charge in [-0.05, 0) is 37.1 Å². The van der Waals surface area contributed by atoms with Gasteiger partial charge in [-0.2, -0.15) is 0 Å². The molecule has 0 radical (unpaired) electrons. The molecule has 8 heteroatoms. The summed E-state index contributed by atoms with van der Waals surface area (Å²) in [7, 11) is 0. The van der Waals surface area contributed by atoms with Gasteiger partial charge in [0.25, 0.3) is 5.91 Å². The molecule has 1 N–H and O–H groups in total. The molecule has 2 aliphatic heterocycles. The van der Waals surface area contributed by atoms with E-state index in [1.165, 1.54) is 16.7 Å². The molecule has 2 aromatic rings. The first-order valence-electron chi connectivity index (χ1n) is 9.19. The number of amides is 3. The summed E-state index contributed by atoms with van der Waals surface area (Å²) in [6.07, 6.45) is 5.08. The van der Waals surface area contributed by atoms with Crippen LogP contribution in [0.15, 0.2) is 53.7 Å². The number of benzene rings is 1. The minimum atomic E-state index is -0.848. The molecule has 3 heterocycles. The monoisotopic (exact) mass is 396 g/mol. The summed E-state index contributed by atoms with van der Waals surface area (Å²) in [5.74, 6) is -0.850. The Morgan fingerprint density at radius 2 is 1.93 bits per heavy atom. The van der Waals surface area contributed by atoms with Gasteiger partial charge >= 0.3 is 0 Å². The summed E-state index contributed by atoms with van der Waals surface area (Å²) in [5.41, 5.74) is 1.22. The first kappa shape index (κ1) is 18.5. The van der Waals surface area contributed by atoms with Gasteiger partial charge in [-0.3, -0.25) is 19.4 Å². The number of hydrogen-bond donors (Lipinski definition) is 1. The Balaban J connectivity index is 1.56. The summed E-state index contributed by atoms with van der Waals surface area (Å²) in [4.78, 5) is 46.5. The van der Waals surface area contributed by atoms with Gasteiger partial charge in [-0.1, -0.05) is 12.1 Å². The predicted molar refractivity (Wildman–Crippen MR) is 107 cm³/mol. The molecule has 0 unspecified atom stereocenters. The van der Waals surface area contributed by atoms with E-state index in [4.69, 9.17) is 0 Å². The summed E-state index contributed by atoms with van der Waals surface area (Å²) in [5, 5.41) is 1.89. The molecule has 0 saturated carbocycles. The molecule has 3 amide bonds. The number of nitrogens with zero attached hydrogens (tertiary/aromatic N) is 3. The van der Waals surface area contributed by atoms with Crippen molar-refractivity contribution in [2.45, 2.75) is 23.0 Å². The average molecular weight is 396 g/mol. The van der Waals surface area contributed by atoms with Gasteiger partial charge < -0.3 is 15.1 Å². The fourth-order valence-corrected chi connectivity index (χ4v) is 4.61. The SMILES string of the molecule is O=C(CN1C(=O)[C@H](C(=O)N2CCCC2)Sc2ccccc21)Nc1cccnc1. The first-order chi connectivity index (χ1) is 13.6. The third-order valence-electron chi connectivity index (χ3n) is 4.78. The first-order valence-corrected chi connectivity index (χ1v) is 10.1. The highest BCUT2D eigenvalue weighted by atomic mass is 32.2. The van der Waals surface area contributed by atoms with E-state index in [2.05, 4.69) is 10.3 Å². The number of rotatable bonds is 4. The van der Waals surface area contributed by atoms with Crippen molar-refractivity contribution in [3.05, 3.63) is 48.8 Å². The number of hydrogen-bond acceptors (Lipinski definition) is 5. The van der Waals surface area contributed by atoms with E-state index in [1.807, 2.05) is 18.2 Å². The number of nitrogens with one attached hydrogen (secondary N) is 1. The second kappa shape index (κ2) is 8.02. The molecule has 1 atom stereocenters. The quantitative estimate of drug-likeness (QED) is 0.801. The lowest BCUT2D eigenvalue weighted by Crippen LogP contribution is -2.51. The van der Waals surface area contributed by atoms with Crippen LogP contribution < -0.4 is 10.2 Å². The van der Waals surface area contributed by atoms with Crippen molar-refractivity contribution >= 4 is 40.9 Å². The maximum absolute atomic E-state index is 13.1. The molecular weight excluding hydrogens is 376 g/mol. The Labute approximate surface area is 167 Å². The summed E-state index contributed by atoms with van der Waals surface area (Å²) >= 11 is 1.27. The molecule has 0 spiro atoms. The second-order valence-corrected chi connectivity index (χ2v) is 7.86. The molecular formula is C20H20N4O3S. The second-order valence-electron chi connectivity index (χ2n) is 6.71. The predicted octanol–water partition coefficient (Wildman–Crippen LogP) is 2.15. The van der Waals surface area contributed by atoms with Crippen LogP contribution in [0.1, 0.15) is 12.8 Å². The van der Waals surface area contributed by atoms with E-state index in [0.29, 0.717) is 24.5 Å². The van der Waals surface area contributed by atoms with Crippen LogP contribution in [0.3, 0.4) is 0 Å². The van der Waals surface area contributed by atoms with Gasteiger partial charge in [0.2, 0.25) is 11.8 Å². The van der Waals surface area contributed by atoms with Crippen molar-refractivity contribution in [3.63, 3.8) is 0 Å². The molecule has 0 bridgehead atoms. The highest BCUT2D eigenvalue weighted by Crippen LogP contribution is 2.39. The number of thioether (sulfide) groups is 1. The van der Waals surface area contributed by atoms with E-state index >= 15 is 0 Å². The highest BCUT2D eigenvalue weighted by Gasteiger charge is 2.41. The number of fused-ring (bicyclic) bond motifs is 1. The number of aromatic nitrogens is 1. The van der Waals surface area contributed by atoms with Crippen molar-refractivity contribution < 1.29 is 14.4 Å². The number of likely N-dealkylation sites (tertiary alicyclic amines) is 1. The van der Waals surface area contributed by atoms with Crippen molar-refractivity contribution in [3.8, 4) is 0 Å². The highest BCUT2D eigenvalue weighted by molar-refractivity contribution is 8.01. The molecule has 7 nitrogen and oxygen atoms in total. The smallest absolute Gasteiger partial charge is 0.250 e. The van der Waals surface area contributed by atoms with Crippen LogP contribution in [0.25, 0.3) is 0 Å². The number of anilines is 2. The fourth-order valence-electron chi connectivity index (χ4n) is 3.42. The lowest BCUT2D eigenvalue weighted by molar-refractivity contribution is -0.134. The molecule has 0 aliphatic carbocycles. The van der Waals surface area contributed by atoms with Crippen molar-refractivity contribution in [2.24, 2.45) is 0 Å². The zero-order valence-corrected chi connectivity index (χ0v) is 16.0.